The molecule has 0 unspecified atom stereocenters. The van der Waals surface area contributed by atoms with Crippen molar-refractivity contribution in [3.05, 3.63) is 29.2 Å². The minimum absolute atomic E-state index is 0.00169. The average Bonchev–Trinajstić information content (AvgIpc) is 3.23. The van der Waals surface area contributed by atoms with E-state index >= 15 is 0 Å². The molecule has 1 aliphatic heterocycles. The summed E-state index contributed by atoms with van der Waals surface area (Å²) in [5, 5.41) is 5.86. The van der Waals surface area contributed by atoms with E-state index in [-0.39, 0.29) is 30.4 Å². The van der Waals surface area contributed by atoms with Gasteiger partial charge in [-0.1, -0.05) is 12.8 Å². The molecule has 1 amide bonds. The third-order valence-corrected chi connectivity index (χ3v) is 5.45. The molecule has 4 N–H and O–H groups in total. The number of fused-ring (bicyclic) bond motifs is 1. The number of hydrogen-bond donors (Lipinski definition) is 3. The van der Waals surface area contributed by atoms with Crippen molar-refractivity contribution in [3.8, 4) is 10.6 Å². The highest BCUT2D eigenvalue weighted by Crippen LogP contribution is 2.34. The van der Waals surface area contributed by atoms with Crippen LogP contribution in [0.25, 0.3) is 10.6 Å². The van der Waals surface area contributed by atoms with E-state index in [0.717, 1.165) is 30.6 Å². The molecular weight excluding hydrogens is 329 g/mol. The smallest absolute Gasteiger partial charge is 0.254 e. The highest BCUT2D eigenvalue weighted by molar-refractivity contribution is 7.09. The first-order chi connectivity index (χ1) is 11.6. The fourth-order valence-corrected chi connectivity index (χ4v) is 4.00. The van der Waals surface area contributed by atoms with Gasteiger partial charge in [0.25, 0.3) is 5.91 Å². The summed E-state index contributed by atoms with van der Waals surface area (Å²) >= 11 is 1.24. The zero-order valence-corrected chi connectivity index (χ0v) is 13.8. The van der Waals surface area contributed by atoms with Crippen LogP contribution in [-0.2, 0) is 6.54 Å². The van der Waals surface area contributed by atoms with E-state index in [0.29, 0.717) is 16.8 Å². The summed E-state index contributed by atoms with van der Waals surface area (Å²) in [5.74, 6) is -0.578. The Morgan fingerprint density at radius 1 is 1.38 bits per heavy atom. The highest BCUT2D eigenvalue weighted by Gasteiger charge is 2.32. The lowest BCUT2D eigenvalue weighted by atomic mass is 9.91. The zero-order chi connectivity index (χ0) is 16.7. The number of hydrogen-bond acceptors (Lipinski definition) is 6. The fourth-order valence-electron chi connectivity index (χ4n) is 3.41. The maximum Gasteiger partial charge on any atom is 0.254 e. The molecular formula is C16H18FN5OS. The van der Waals surface area contributed by atoms with Crippen molar-refractivity contribution in [1.82, 2.24) is 14.7 Å². The summed E-state index contributed by atoms with van der Waals surface area (Å²) in [5.41, 5.74) is 7.32. The molecule has 2 aromatic heterocycles. The van der Waals surface area contributed by atoms with Crippen LogP contribution in [0.15, 0.2) is 12.3 Å². The molecule has 0 bridgehead atoms. The second-order valence-corrected chi connectivity index (χ2v) is 7.07. The van der Waals surface area contributed by atoms with Crippen LogP contribution < -0.4 is 16.4 Å². The summed E-state index contributed by atoms with van der Waals surface area (Å²) < 4.78 is 18.9. The molecule has 2 aromatic rings. The molecule has 0 radical (unpaired) electrons. The Labute approximate surface area is 142 Å². The molecule has 24 heavy (non-hydrogen) atoms. The molecule has 2 atom stereocenters. The van der Waals surface area contributed by atoms with Crippen LogP contribution in [0, 0.1) is 5.82 Å². The van der Waals surface area contributed by atoms with Crippen LogP contribution in [0.4, 0.5) is 10.2 Å². The highest BCUT2D eigenvalue weighted by atomic mass is 32.1. The number of carbonyl (C=O) groups excluding carboxylic acids is 1. The van der Waals surface area contributed by atoms with Crippen molar-refractivity contribution in [2.45, 2.75) is 44.3 Å². The van der Waals surface area contributed by atoms with Gasteiger partial charge in [-0.05, 0) is 30.4 Å². The number of nitrogens with one attached hydrogen (secondary N) is 2. The van der Waals surface area contributed by atoms with E-state index in [1.807, 2.05) is 0 Å². The first kappa shape index (κ1) is 15.5. The lowest BCUT2D eigenvalue weighted by molar-refractivity contribution is 0.0966. The van der Waals surface area contributed by atoms with Crippen LogP contribution >= 0.6 is 11.5 Å². The molecule has 1 fully saturated rings. The molecule has 3 heterocycles. The van der Waals surface area contributed by atoms with Gasteiger partial charge in [0.2, 0.25) is 0 Å². The number of aromatic nitrogens is 2. The molecule has 6 nitrogen and oxygen atoms in total. The second-order valence-electron chi connectivity index (χ2n) is 6.24. The monoisotopic (exact) mass is 347 g/mol. The molecule has 4 rings (SSSR count). The van der Waals surface area contributed by atoms with E-state index in [1.54, 1.807) is 12.3 Å². The van der Waals surface area contributed by atoms with Crippen molar-refractivity contribution in [1.29, 1.82) is 0 Å². The van der Waals surface area contributed by atoms with Crippen molar-refractivity contribution >= 4 is 23.3 Å². The first-order valence-electron chi connectivity index (χ1n) is 8.09. The Balaban J connectivity index is 1.78. The lowest BCUT2D eigenvalue weighted by Crippen LogP contribution is -2.43. The van der Waals surface area contributed by atoms with Gasteiger partial charge < -0.3 is 16.4 Å². The quantitative estimate of drug-likeness (QED) is 0.792. The largest absolute Gasteiger partial charge is 0.363 e. The van der Waals surface area contributed by atoms with Gasteiger partial charge in [0, 0.05) is 30.4 Å². The average molecular weight is 347 g/mol. The number of pyridine rings is 1. The van der Waals surface area contributed by atoms with E-state index in [4.69, 9.17) is 5.73 Å². The molecule has 8 heteroatoms. The van der Waals surface area contributed by atoms with Crippen molar-refractivity contribution in [2.24, 2.45) is 5.73 Å². The third kappa shape index (κ3) is 2.55. The minimum atomic E-state index is -0.464. The van der Waals surface area contributed by atoms with Gasteiger partial charge in [-0.2, -0.15) is 0 Å². The number of nitrogens with two attached hydrogens (primary N) is 1. The molecule has 126 valence electrons. The van der Waals surface area contributed by atoms with Gasteiger partial charge in [-0.25, -0.2) is 13.7 Å². The summed E-state index contributed by atoms with van der Waals surface area (Å²) in [4.78, 5) is 17.3. The number of carbonyl (C=O) groups is 1. The second kappa shape index (κ2) is 6.10. The van der Waals surface area contributed by atoms with Gasteiger partial charge >= 0.3 is 0 Å². The third-order valence-electron chi connectivity index (χ3n) is 4.70. The molecule has 1 aliphatic carbocycles. The molecule has 1 saturated carbocycles. The van der Waals surface area contributed by atoms with E-state index in [9.17, 15) is 9.18 Å². The predicted molar refractivity (Wildman–Crippen MR) is 90.3 cm³/mol. The standard InChI is InChI=1S/C16H18FN5OS/c17-13-8-7-19-16(23)12(8)14(11-5-6-20-24-11)22-15(13)21-10-4-2-1-3-9(10)18/h5-6,9-10H,1-4,7,18H2,(H,19,23)(H,21,22)/t9-,10+/m0/s1. The Morgan fingerprint density at radius 3 is 2.96 bits per heavy atom. The van der Waals surface area contributed by atoms with Crippen LogP contribution in [0.3, 0.4) is 0 Å². The Morgan fingerprint density at radius 2 is 2.21 bits per heavy atom. The minimum Gasteiger partial charge on any atom is -0.363 e. The number of halogens is 1. The van der Waals surface area contributed by atoms with E-state index in [2.05, 4.69) is 20.0 Å². The topological polar surface area (TPSA) is 92.9 Å². The van der Waals surface area contributed by atoms with Crippen LogP contribution in [-0.4, -0.2) is 27.3 Å². The number of amides is 1. The van der Waals surface area contributed by atoms with Gasteiger partial charge in [-0.3, -0.25) is 4.79 Å². The maximum absolute atomic E-state index is 14.9. The number of nitrogens with zero attached hydrogens (tertiary/aromatic N) is 2. The predicted octanol–water partition coefficient (Wildman–Crippen LogP) is 2.27. The van der Waals surface area contributed by atoms with Gasteiger partial charge in [0.05, 0.1) is 16.1 Å². The van der Waals surface area contributed by atoms with Crippen LogP contribution in [0.1, 0.15) is 41.6 Å². The fraction of sp³-hybridized carbons (Fsp3) is 0.438. The van der Waals surface area contributed by atoms with Crippen LogP contribution in [0.2, 0.25) is 0 Å². The Bertz CT molecular complexity index is 779. The Hall–Kier alpha value is -2.06. The zero-order valence-electron chi connectivity index (χ0n) is 13.0. The maximum atomic E-state index is 14.9. The van der Waals surface area contributed by atoms with Crippen molar-refractivity contribution < 1.29 is 9.18 Å². The Kier molecular flexibility index (Phi) is 3.93. The SMILES string of the molecule is N[C@H]1CCCC[C@H]1Nc1nc(-c2ccns2)c2c(c1F)CNC2=O. The molecule has 0 saturated heterocycles. The lowest BCUT2D eigenvalue weighted by Gasteiger charge is -2.30. The van der Waals surface area contributed by atoms with E-state index < -0.39 is 5.82 Å². The van der Waals surface area contributed by atoms with Crippen LogP contribution in [0.5, 0.6) is 0 Å². The number of anilines is 1. The summed E-state index contributed by atoms with van der Waals surface area (Å²) in [6.07, 6.45) is 5.64. The summed E-state index contributed by atoms with van der Waals surface area (Å²) in [6.45, 7) is 0.180. The first-order valence-corrected chi connectivity index (χ1v) is 8.86. The molecule has 2 aliphatic rings. The van der Waals surface area contributed by atoms with Gasteiger partial charge in [0.1, 0.15) is 0 Å². The summed E-state index contributed by atoms with van der Waals surface area (Å²) in [7, 11) is 0. The normalized spacial score (nSPS) is 23.0. The van der Waals surface area contributed by atoms with Crippen molar-refractivity contribution in [2.75, 3.05) is 5.32 Å². The summed E-state index contributed by atoms with van der Waals surface area (Å²) in [6, 6.07) is 1.77. The molecule has 0 aromatic carbocycles. The van der Waals surface area contributed by atoms with E-state index in [1.165, 1.54) is 11.5 Å². The van der Waals surface area contributed by atoms with Gasteiger partial charge in [-0.15, -0.1) is 0 Å². The number of rotatable bonds is 3. The van der Waals surface area contributed by atoms with Gasteiger partial charge in [0.15, 0.2) is 11.6 Å². The molecule has 0 spiro atoms. The van der Waals surface area contributed by atoms with Crippen molar-refractivity contribution in [3.63, 3.8) is 0 Å².